The molecule has 2 N–H and O–H groups in total. The van der Waals surface area contributed by atoms with Gasteiger partial charge in [0, 0.05) is 37.2 Å². The van der Waals surface area contributed by atoms with Crippen LogP contribution in [0.1, 0.15) is 31.2 Å². The van der Waals surface area contributed by atoms with E-state index in [0.29, 0.717) is 30.0 Å². The highest BCUT2D eigenvalue weighted by atomic mass is 19.1. The summed E-state index contributed by atoms with van der Waals surface area (Å²) in [4.78, 5) is 13.9. The van der Waals surface area contributed by atoms with Gasteiger partial charge in [-0.3, -0.25) is 4.79 Å². The Hall–Kier alpha value is -1.62. The molecule has 114 valence electrons. The molecule has 1 amide bonds. The normalized spacial score (nSPS) is 19.8. The number of hydrogen-bond donors (Lipinski definition) is 2. The maximum absolute atomic E-state index is 13.2. The number of benzene rings is 1. The van der Waals surface area contributed by atoms with Crippen LogP contribution in [0.3, 0.4) is 0 Å². The summed E-state index contributed by atoms with van der Waals surface area (Å²) in [6.07, 6.45) is 3.93. The SMILES string of the molecule is O=C(C1CC1)N1CCC(NCc2cccc(F)c2O)CC1. The van der Waals surface area contributed by atoms with E-state index in [1.807, 2.05) is 4.90 Å². The zero-order chi connectivity index (χ0) is 14.8. The molecule has 1 saturated heterocycles. The number of aromatic hydroxyl groups is 1. The van der Waals surface area contributed by atoms with Crippen LogP contribution in [-0.4, -0.2) is 35.0 Å². The molecule has 0 spiro atoms. The van der Waals surface area contributed by atoms with E-state index in [4.69, 9.17) is 0 Å². The van der Waals surface area contributed by atoms with Gasteiger partial charge in [-0.1, -0.05) is 12.1 Å². The predicted molar refractivity (Wildman–Crippen MR) is 77.2 cm³/mol. The molecule has 0 aromatic heterocycles. The molecule has 0 atom stereocenters. The first-order valence-corrected chi connectivity index (χ1v) is 7.63. The van der Waals surface area contributed by atoms with Gasteiger partial charge in [0.05, 0.1) is 0 Å². The molecule has 0 unspecified atom stereocenters. The standard InChI is InChI=1S/C16H21FN2O2/c17-14-3-1-2-12(15(14)20)10-18-13-6-8-19(9-7-13)16(21)11-4-5-11/h1-3,11,13,18,20H,4-10H2. The number of carbonyl (C=O) groups is 1. The summed E-state index contributed by atoms with van der Waals surface area (Å²) in [7, 11) is 0. The number of phenols is 1. The molecule has 1 aromatic carbocycles. The Labute approximate surface area is 124 Å². The van der Waals surface area contributed by atoms with Crippen molar-refractivity contribution in [3.63, 3.8) is 0 Å². The van der Waals surface area contributed by atoms with E-state index in [-0.39, 0.29) is 5.75 Å². The summed E-state index contributed by atoms with van der Waals surface area (Å²) in [6, 6.07) is 4.89. The van der Waals surface area contributed by atoms with Gasteiger partial charge in [-0.15, -0.1) is 0 Å². The van der Waals surface area contributed by atoms with Crippen LogP contribution in [0, 0.1) is 11.7 Å². The van der Waals surface area contributed by atoms with E-state index in [9.17, 15) is 14.3 Å². The van der Waals surface area contributed by atoms with Gasteiger partial charge in [-0.25, -0.2) is 4.39 Å². The summed E-state index contributed by atoms with van der Waals surface area (Å²) >= 11 is 0. The molecule has 3 rings (SSSR count). The van der Waals surface area contributed by atoms with Crippen molar-refractivity contribution in [3.05, 3.63) is 29.6 Å². The van der Waals surface area contributed by atoms with Crippen LogP contribution in [0.2, 0.25) is 0 Å². The second-order valence-electron chi connectivity index (χ2n) is 6.00. The zero-order valence-corrected chi connectivity index (χ0v) is 12.0. The van der Waals surface area contributed by atoms with E-state index in [2.05, 4.69) is 5.32 Å². The van der Waals surface area contributed by atoms with E-state index >= 15 is 0 Å². The number of likely N-dealkylation sites (tertiary alicyclic amines) is 1. The lowest BCUT2D eigenvalue weighted by Gasteiger charge is -2.32. The Balaban J connectivity index is 1.47. The molecule has 1 aliphatic carbocycles. The van der Waals surface area contributed by atoms with Gasteiger partial charge >= 0.3 is 0 Å². The Bertz CT molecular complexity index is 523. The summed E-state index contributed by atoms with van der Waals surface area (Å²) in [6.45, 7) is 2.04. The van der Waals surface area contributed by atoms with Crippen LogP contribution in [-0.2, 0) is 11.3 Å². The van der Waals surface area contributed by atoms with Gasteiger partial charge < -0.3 is 15.3 Å². The van der Waals surface area contributed by atoms with Gasteiger partial charge in [0.15, 0.2) is 11.6 Å². The molecular weight excluding hydrogens is 271 g/mol. The van der Waals surface area contributed by atoms with Crippen LogP contribution >= 0.6 is 0 Å². The number of nitrogens with one attached hydrogen (secondary N) is 1. The van der Waals surface area contributed by atoms with Gasteiger partial charge in [0.1, 0.15) is 0 Å². The Kier molecular flexibility index (Phi) is 4.10. The lowest BCUT2D eigenvalue weighted by molar-refractivity contribution is -0.133. The molecule has 5 heteroatoms. The number of rotatable bonds is 4. The first-order valence-electron chi connectivity index (χ1n) is 7.63. The van der Waals surface area contributed by atoms with Crippen LogP contribution in [0.25, 0.3) is 0 Å². The second-order valence-corrected chi connectivity index (χ2v) is 6.00. The van der Waals surface area contributed by atoms with Gasteiger partial charge in [0.2, 0.25) is 5.91 Å². The molecule has 1 aromatic rings. The summed E-state index contributed by atoms with van der Waals surface area (Å²) < 4.78 is 13.2. The van der Waals surface area contributed by atoms with E-state index in [0.717, 1.165) is 38.8 Å². The van der Waals surface area contributed by atoms with Crippen LogP contribution in [0.15, 0.2) is 18.2 Å². The Morgan fingerprint density at radius 1 is 1.29 bits per heavy atom. The molecule has 0 bridgehead atoms. The van der Waals surface area contributed by atoms with Crippen molar-refractivity contribution in [1.82, 2.24) is 10.2 Å². The topological polar surface area (TPSA) is 52.6 Å². The molecule has 4 nitrogen and oxygen atoms in total. The van der Waals surface area contributed by atoms with Gasteiger partial charge in [-0.2, -0.15) is 0 Å². The highest BCUT2D eigenvalue weighted by Gasteiger charge is 2.34. The van der Waals surface area contributed by atoms with Crippen LogP contribution in [0.4, 0.5) is 4.39 Å². The number of hydrogen-bond acceptors (Lipinski definition) is 3. The predicted octanol–water partition coefficient (Wildman–Crippen LogP) is 2.02. The monoisotopic (exact) mass is 292 g/mol. The van der Waals surface area contributed by atoms with E-state index in [1.165, 1.54) is 6.07 Å². The number of amides is 1. The minimum absolute atomic E-state index is 0.272. The number of phenolic OH excluding ortho intramolecular Hbond substituents is 1. The van der Waals surface area contributed by atoms with Crippen LogP contribution in [0.5, 0.6) is 5.75 Å². The quantitative estimate of drug-likeness (QED) is 0.892. The fourth-order valence-corrected chi connectivity index (χ4v) is 2.85. The molecule has 1 heterocycles. The molecule has 1 aliphatic heterocycles. The summed E-state index contributed by atoms with van der Waals surface area (Å²) in [5, 5.41) is 13.0. The number of para-hydroxylation sites is 1. The smallest absolute Gasteiger partial charge is 0.225 e. The van der Waals surface area contributed by atoms with Crippen molar-refractivity contribution in [3.8, 4) is 5.75 Å². The minimum Gasteiger partial charge on any atom is -0.505 e. The highest BCUT2D eigenvalue weighted by Crippen LogP contribution is 2.32. The van der Waals surface area contributed by atoms with Crippen molar-refractivity contribution < 1.29 is 14.3 Å². The molecule has 0 radical (unpaired) electrons. The molecular formula is C16H21FN2O2. The number of piperidine rings is 1. The van der Waals surface area contributed by atoms with Crippen molar-refractivity contribution in [2.45, 2.75) is 38.3 Å². The lowest BCUT2D eigenvalue weighted by atomic mass is 10.0. The third-order valence-electron chi connectivity index (χ3n) is 4.38. The number of halogens is 1. The average molecular weight is 292 g/mol. The first-order chi connectivity index (χ1) is 10.1. The second kappa shape index (κ2) is 6.02. The Morgan fingerprint density at radius 3 is 2.67 bits per heavy atom. The van der Waals surface area contributed by atoms with Crippen molar-refractivity contribution in [2.75, 3.05) is 13.1 Å². The fourth-order valence-electron chi connectivity index (χ4n) is 2.85. The molecule has 1 saturated carbocycles. The minimum atomic E-state index is -0.584. The maximum atomic E-state index is 13.2. The summed E-state index contributed by atoms with van der Waals surface area (Å²) in [5.74, 6) is -0.250. The van der Waals surface area contributed by atoms with Crippen molar-refractivity contribution in [1.29, 1.82) is 0 Å². The first kappa shape index (κ1) is 14.3. The summed E-state index contributed by atoms with van der Waals surface area (Å²) in [5.41, 5.74) is 0.575. The largest absolute Gasteiger partial charge is 0.505 e. The maximum Gasteiger partial charge on any atom is 0.225 e. The zero-order valence-electron chi connectivity index (χ0n) is 12.0. The van der Waals surface area contributed by atoms with Crippen molar-refractivity contribution >= 4 is 5.91 Å². The van der Waals surface area contributed by atoms with Crippen LogP contribution < -0.4 is 5.32 Å². The van der Waals surface area contributed by atoms with Gasteiger partial charge in [-0.05, 0) is 31.7 Å². The Morgan fingerprint density at radius 2 is 2.00 bits per heavy atom. The van der Waals surface area contributed by atoms with Gasteiger partial charge in [0.25, 0.3) is 0 Å². The highest BCUT2D eigenvalue weighted by molar-refractivity contribution is 5.81. The molecule has 2 aliphatic rings. The van der Waals surface area contributed by atoms with Crippen molar-refractivity contribution in [2.24, 2.45) is 5.92 Å². The third-order valence-corrected chi connectivity index (χ3v) is 4.38. The number of carbonyl (C=O) groups excluding carboxylic acids is 1. The number of nitrogens with zero attached hydrogens (tertiary/aromatic N) is 1. The molecule has 21 heavy (non-hydrogen) atoms. The average Bonchev–Trinajstić information content (AvgIpc) is 3.33. The lowest BCUT2D eigenvalue weighted by Crippen LogP contribution is -2.45. The van der Waals surface area contributed by atoms with E-state index < -0.39 is 5.82 Å². The van der Waals surface area contributed by atoms with E-state index in [1.54, 1.807) is 12.1 Å². The fraction of sp³-hybridized carbons (Fsp3) is 0.562. The third kappa shape index (κ3) is 3.35. The molecule has 2 fully saturated rings.